The van der Waals surface area contributed by atoms with Crippen molar-refractivity contribution in [3.8, 4) is 0 Å². The number of aromatic nitrogens is 1. The van der Waals surface area contributed by atoms with Crippen LogP contribution in [-0.2, 0) is 0 Å². The van der Waals surface area contributed by atoms with Gasteiger partial charge in [-0.2, -0.15) is 0 Å². The molecule has 2 N–H and O–H groups in total. The highest BCUT2D eigenvalue weighted by Gasteiger charge is 1.96. The molecular weight excluding hydrogens is 215 g/mol. The van der Waals surface area contributed by atoms with Gasteiger partial charge in [-0.05, 0) is 19.1 Å². The molecule has 0 fully saturated rings. The van der Waals surface area contributed by atoms with Crippen LogP contribution in [0.25, 0.3) is 0 Å². The zero-order valence-electron chi connectivity index (χ0n) is 6.64. The van der Waals surface area contributed by atoms with Crippen LogP contribution in [0.4, 0.5) is 0 Å². The molecule has 12 heavy (non-hydrogen) atoms. The fraction of sp³-hybridized carbons (Fsp3) is 0.286. The fourth-order valence-corrected chi connectivity index (χ4v) is 1.27. The van der Waals surface area contributed by atoms with Crippen LogP contribution in [0.1, 0.15) is 6.92 Å². The molecule has 70 valence electrons. The van der Waals surface area contributed by atoms with Crippen LogP contribution in [0.3, 0.4) is 0 Å². The van der Waals surface area contributed by atoms with Gasteiger partial charge in [-0.3, -0.25) is 0 Å². The smallest absolute Gasteiger partial charge is 0.0974 e. The van der Waals surface area contributed by atoms with E-state index in [1.807, 2.05) is 25.1 Å². The third-order valence-electron chi connectivity index (χ3n) is 0.944. The van der Waals surface area contributed by atoms with Gasteiger partial charge < -0.3 is 5.73 Å². The largest absolute Gasteiger partial charge is 0.319 e. The van der Waals surface area contributed by atoms with E-state index in [4.69, 9.17) is 5.73 Å². The molecule has 0 radical (unpaired) electrons. The van der Waals surface area contributed by atoms with Crippen LogP contribution in [-0.4, -0.2) is 10.4 Å². The molecule has 2 nitrogen and oxygen atoms in total. The summed E-state index contributed by atoms with van der Waals surface area (Å²) in [7, 11) is 0. The van der Waals surface area contributed by atoms with E-state index >= 15 is 0 Å². The maximum atomic E-state index is 5.55. The van der Waals surface area contributed by atoms with Crippen molar-refractivity contribution in [3.63, 3.8) is 0 Å². The maximum Gasteiger partial charge on any atom is 0.0974 e. The van der Waals surface area contributed by atoms with Gasteiger partial charge in [0.05, 0.1) is 10.4 Å². The number of nitrogens with zero attached hydrogens (tertiary/aromatic N) is 1. The second-order valence-electron chi connectivity index (χ2n) is 1.99. The third kappa shape index (κ3) is 5.66. The molecule has 0 bridgehead atoms. The standard InChI is InChI=1S/C7H10N2S.2ClH/c1-6(8)10-7-4-2-3-5-9-7;;/h2-6H,8H2,1H3;2*1H. The minimum Gasteiger partial charge on any atom is -0.319 e. The van der Waals surface area contributed by atoms with Crippen molar-refractivity contribution in [1.29, 1.82) is 0 Å². The molecule has 1 rings (SSSR count). The molecule has 1 atom stereocenters. The van der Waals surface area contributed by atoms with E-state index in [-0.39, 0.29) is 30.2 Å². The summed E-state index contributed by atoms with van der Waals surface area (Å²) in [5, 5.41) is 1.10. The Labute approximate surface area is 89.2 Å². The normalized spacial score (nSPS) is 10.8. The molecule has 0 aliphatic heterocycles. The van der Waals surface area contributed by atoms with E-state index in [9.17, 15) is 0 Å². The van der Waals surface area contributed by atoms with Gasteiger partial charge in [-0.15, -0.1) is 24.8 Å². The van der Waals surface area contributed by atoms with E-state index in [1.165, 1.54) is 0 Å². The molecule has 5 heteroatoms. The zero-order valence-corrected chi connectivity index (χ0v) is 9.09. The van der Waals surface area contributed by atoms with Crippen LogP contribution >= 0.6 is 36.6 Å². The van der Waals surface area contributed by atoms with Crippen molar-refractivity contribution in [3.05, 3.63) is 24.4 Å². The lowest BCUT2D eigenvalue weighted by Crippen LogP contribution is -2.08. The Kier molecular flexibility index (Phi) is 9.31. The maximum absolute atomic E-state index is 5.55. The summed E-state index contributed by atoms with van der Waals surface area (Å²) in [4.78, 5) is 4.10. The average molecular weight is 227 g/mol. The molecule has 1 aromatic heterocycles. The highest BCUT2D eigenvalue weighted by molar-refractivity contribution is 7.99. The summed E-state index contributed by atoms with van der Waals surface area (Å²) >= 11 is 1.57. The van der Waals surface area contributed by atoms with Gasteiger partial charge >= 0.3 is 0 Å². The molecule has 1 unspecified atom stereocenters. The van der Waals surface area contributed by atoms with Gasteiger partial charge in [0.25, 0.3) is 0 Å². The summed E-state index contributed by atoms with van der Waals surface area (Å²) in [6, 6.07) is 5.80. The Bertz CT molecular complexity index is 194. The summed E-state index contributed by atoms with van der Waals surface area (Å²) < 4.78 is 0. The first-order valence-corrected chi connectivity index (χ1v) is 4.00. The van der Waals surface area contributed by atoms with Crippen LogP contribution < -0.4 is 5.73 Å². The van der Waals surface area contributed by atoms with Crippen molar-refractivity contribution in [2.24, 2.45) is 5.73 Å². The molecule has 0 aromatic carbocycles. The van der Waals surface area contributed by atoms with E-state index in [1.54, 1.807) is 18.0 Å². The topological polar surface area (TPSA) is 38.9 Å². The minimum atomic E-state index is 0. The predicted molar refractivity (Wildman–Crippen MR) is 58.2 cm³/mol. The van der Waals surface area contributed by atoms with Crippen molar-refractivity contribution < 1.29 is 0 Å². The molecule has 0 saturated carbocycles. The van der Waals surface area contributed by atoms with E-state index in [2.05, 4.69) is 4.98 Å². The molecule has 1 aromatic rings. The van der Waals surface area contributed by atoms with Crippen LogP contribution in [0.2, 0.25) is 0 Å². The highest BCUT2D eigenvalue weighted by atomic mass is 35.5. The van der Waals surface area contributed by atoms with Crippen molar-refractivity contribution in [2.45, 2.75) is 17.3 Å². The Morgan fingerprint density at radius 3 is 2.50 bits per heavy atom. The van der Waals surface area contributed by atoms with E-state index < -0.39 is 0 Å². The second-order valence-corrected chi connectivity index (χ2v) is 3.39. The number of pyridine rings is 1. The van der Waals surface area contributed by atoms with Crippen LogP contribution in [0, 0.1) is 0 Å². The number of halogens is 2. The Morgan fingerprint density at radius 2 is 2.08 bits per heavy atom. The van der Waals surface area contributed by atoms with Gasteiger partial charge in [-0.1, -0.05) is 17.8 Å². The zero-order chi connectivity index (χ0) is 7.40. The quantitative estimate of drug-likeness (QED) is 0.622. The van der Waals surface area contributed by atoms with Gasteiger partial charge in [0.1, 0.15) is 0 Å². The second kappa shape index (κ2) is 7.68. The summed E-state index contributed by atoms with van der Waals surface area (Å²) in [5.74, 6) is 0. The van der Waals surface area contributed by atoms with Crippen LogP contribution in [0.5, 0.6) is 0 Å². The number of thioether (sulfide) groups is 1. The van der Waals surface area contributed by atoms with E-state index in [0.717, 1.165) is 5.03 Å². The SMILES string of the molecule is CC(N)Sc1ccccn1.Cl.Cl. The van der Waals surface area contributed by atoms with Gasteiger partial charge in [-0.25, -0.2) is 4.98 Å². The first-order chi connectivity index (χ1) is 4.79. The first-order valence-electron chi connectivity index (χ1n) is 3.12. The number of nitrogens with two attached hydrogens (primary N) is 1. The number of hydrogen-bond donors (Lipinski definition) is 1. The summed E-state index contributed by atoms with van der Waals surface area (Å²) in [6.45, 7) is 1.94. The predicted octanol–water partition coefficient (Wildman–Crippen LogP) is 2.32. The molecular formula is C7H12Cl2N2S. The molecule has 0 amide bonds. The van der Waals surface area contributed by atoms with Crippen molar-refractivity contribution in [1.82, 2.24) is 4.98 Å². The van der Waals surface area contributed by atoms with E-state index in [0.29, 0.717) is 0 Å². The highest BCUT2D eigenvalue weighted by Crippen LogP contribution is 2.15. The van der Waals surface area contributed by atoms with Gasteiger partial charge in [0, 0.05) is 6.20 Å². The molecule has 0 saturated heterocycles. The monoisotopic (exact) mass is 226 g/mol. The minimum absolute atomic E-state index is 0. The lowest BCUT2D eigenvalue weighted by atomic mass is 10.5. The van der Waals surface area contributed by atoms with Crippen molar-refractivity contribution >= 4 is 36.6 Å². The lowest BCUT2D eigenvalue weighted by molar-refractivity contribution is 1.03. The fourth-order valence-electron chi connectivity index (χ4n) is 0.607. The lowest BCUT2D eigenvalue weighted by Gasteiger charge is -2.01. The van der Waals surface area contributed by atoms with Gasteiger partial charge in [0.2, 0.25) is 0 Å². The van der Waals surface area contributed by atoms with Gasteiger partial charge in [0.15, 0.2) is 0 Å². The van der Waals surface area contributed by atoms with Crippen molar-refractivity contribution in [2.75, 3.05) is 0 Å². The molecule has 0 spiro atoms. The molecule has 1 heterocycles. The Balaban J connectivity index is 0. The third-order valence-corrected chi connectivity index (χ3v) is 1.80. The van der Waals surface area contributed by atoms with Crippen LogP contribution in [0.15, 0.2) is 29.4 Å². The Hall–Kier alpha value is 0.0400. The number of hydrogen-bond acceptors (Lipinski definition) is 3. The Morgan fingerprint density at radius 1 is 1.42 bits per heavy atom. The first kappa shape index (κ1) is 14.6. The number of rotatable bonds is 2. The molecule has 0 aliphatic rings. The average Bonchev–Trinajstić information content (AvgIpc) is 1.88. The summed E-state index contributed by atoms with van der Waals surface area (Å²) in [6.07, 6.45) is 1.77. The molecule has 0 aliphatic carbocycles. The summed E-state index contributed by atoms with van der Waals surface area (Å²) in [5.41, 5.74) is 5.55.